The van der Waals surface area contributed by atoms with E-state index in [2.05, 4.69) is 40.5 Å². The third-order valence-electron chi connectivity index (χ3n) is 3.79. The number of rotatable bonds is 8. The maximum atomic E-state index is 5.06. The van der Waals surface area contributed by atoms with Crippen molar-refractivity contribution in [2.75, 3.05) is 39.9 Å². The van der Waals surface area contributed by atoms with Crippen LogP contribution in [0.1, 0.15) is 18.4 Å². The van der Waals surface area contributed by atoms with Crippen LogP contribution in [0.25, 0.3) is 0 Å². The zero-order valence-electron chi connectivity index (χ0n) is 12.0. The first-order valence-corrected chi connectivity index (χ1v) is 7.37. The van der Waals surface area contributed by atoms with Gasteiger partial charge in [0.1, 0.15) is 0 Å². The first kappa shape index (κ1) is 14.5. The molecule has 1 saturated heterocycles. The standard InChI is InChI=1S/C16H26N2O/c1-19-13-5-10-17-16-9-12-18(14-16)11-8-15-6-3-2-4-7-15/h2-4,6-7,16-17H,5,8-14H2,1H3. The topological polar surface area (TPSA) is 24.5 Å². The van der Waals surface area contributed by atoms with E-state index in [1.165, 1.54) is 31.6 Å². The highest BCUT2D eigenvalue weighted by molar-refractivity contribution is 5.14. The molecule has 1 aliphatic heterocycles. The van der Waals surface area contributed by atoms with Crippen molar-refractivity contribution in [3.05, 3.63) is 35.9 Å². The van der Waals surface area contributed by atoms with Gasteiger partial charge in [-0.25, -0.2) is 0 Å². The number of nitrogens with zero attached hydrogens (tertiary/aromatic N) is 1. The Morgan fingerprint density at radius 1 is 1.32 bits per heavy atom. The Labute approximate surface area is 116 Å². The molecule has 1 aliphatic rings. The molecular formula is C16H26N2O. The lowest BCUT2D eigenvalue weighted by Crippen LogP contribution is -2.34. The van der Waals surface area contributed by atoms with Crippen LogP contribution < -0.4 is 5.32 Å². The van der Waals surface area contributed by atoms with E-state index in [0.29, 0.717) is 6.04 Å². The molecule has 1 unspecified atom stereocenters. The van der Waals surface area contributed by atoms with Crippen molar-refractivity contribution in [2.24, 2.45) is 0 Å². The fourth-order valence-corrected chi connectivity index (χ4v) is 2.66. The highest BCUT2D eigenvalue weighted by Crippen LogP contribution is 2.10. The minimum Gasteiger partial charge on any atom is -0.385 e. The van der Waals surface area contributed by atoms with Crippen LogP contribution in [0.2, 0.25) is 0 Å². The van der Waals surface area contributed by atoms with E-state index in [0.717, 1.165) is 26.0 Å². The quantitative estimate of drug-likeness (QED) is 0.725. The molecular weight excluding hydrogens is 236 g/mol. The largest absolute Gasteiger partial charge is 0.385 e. The van der Waals surface area contributed by atoms with Gasteiger partial charge in [0.2, 0.25) is 0 Å². The number of hydrogen-bond donors (Lipinski definition) is 1. The predicted octanol–water partition coefficient (Wildman–Crippen LogP) is 1.93. The van der Waals surface area contributed by atoms with E-state index in [1.54, 1.807) is 7.11 Å². The summed E-state index contributed by atoms with van der Waals surface area (Å²) in [5.74, 6) is 0. The smallest absolute Gasteiger partial charge is 0.0474 e. The van der Waals surface area contributed by atoms with Crippen LogP contribution in [0.15, 0.2) is 30.3 Å². The molecule has 0 amide bonds. The molecule has 0 bridgehead atoms. The SMILES string of the molecule is COCCCNC1CCN(CCc2ccccc2)C1. The molecule has 0 aliphatic carbocycles. The average molecular weight is 262 g/mol. The fraction of sp³-hybridized carbons (Fsp3) is 0.625. The highest BCUT2D eigenvalue weighted by atomic mass is 16.5. The van der Waals surface area contributed by atoms with Crippen LogP contribution in [0.5, 0.6) is 0 Å². The van der Waals surface area contributed by atoms with Gasteiger partial charge in [0.25, 0.3) is 0 Å². The molecule has 1 atom stereocenters. The first-order chi connectivity index (χ1) is 9.38. The average Bonchev–Trinajstić information content (AvgIpc) is 2.91. The predicted molar refractivity (Wildman–Crippen MR) is 79.5 cm³/mol. The van der Waals surface area contributed by atoms with Crippen LogP contribution in [0.4, 0.5) is 0 Å². The van der Waals surface area contributed by atoms with Crippen molar-refractivity contribution in [3.8, 4) is 0 Å². The number of ether oxygens (including phenoxy) is 1. The maximum absolute atomic E-state index is 5.06. The van der Waals surface area contributed by atoms with E-state index in [9.17, 15) is 0 Å². The fourth-order valence-electron chi connectivity index (χ4n) is 2.66. The summed E-state index contributed by atoms with van der Waals surface area (Å²) in [5.41, 5.74) is 1.44. The lowest BCUT2D eigenvalue weighted by molar-refractivity contribution is 0.193. The van der Waals surface area contributed by atoms with Crippen LogP contribution >= 0.6 is 0 Å². The molecule has 1 N–H and O–H groups in total. The Hall–Kier alpha value is -0.900. The van der Waals surface area contributed by atoms with Gasteiger partial charge in [-0.05, 0) is 37.9 Å². The van der Waals surface area contributed by atoms with Gasteiger partial charge >= 0.3 is 0 Å². The molecule has 1 fully saturated rings. The second kappa shape index (κ2) is 8.31. The van der Waals surface area contributed by atoms with E-state index in [-0.39, 0.29) is 0 Å². The van der Waals surface area contributed by atoms with Gasteiger partial charge in [0.05, 0.1) is 0 Å². The third-order valence-corrected chi connectivity index (χ3v) is 3.79. The molecule has 0 aromatic heterocycles. The van der Waals surface area contributed by atoms with E-state index in [1.807, 2.05) is 0 Å². The summed E-state index contributed by atoms with van der Waals surface area (Å²) >= 11 is 0. The summed E-state index contributed by atoms with van der Waals surface area (Å²) in [5, 5.41) is 3.62. The van der Waals surface area contributed by atoms with E-state index >= 15 is 0 Å². The summed E-state index contributed by atoms with van der Waals surface area (Å²) in [4.78, 5) is 2.57. The Morgan fingerprint density at radius 3 is 2.95 bits per heavy atom. The van der Waals surface area contributed by atoms with Crippen LogP contribution in [0, 0.1) is 0 Å². The van der Waals surface area contributed by atoms with Gasteiger partial charge < -0.3 is 15.0 Å². The Balaban J connectivity index is 1.60. The summed E-state index contributed by atoms with van der Waals surface area (Å²) in [6, 6.07) is 11.4. The van der Waals surface area contributed by atoms with Gasteiger partial charge in [0.15, 0.2) is 0 Å². The van der Waals surface area contributed by atoms with Crippen molar-refractivity contribution < 1.29 is 4.74 Å². The summed E-state index contributed by atoms with van der Waals surface area (Å²) in [7, 11) is 1.76. The van der Waals surface area contributed by atoms with Crippen molar-refractivity contribution in [1.82, 2.24) is 10.2 Å². The lowest BCUT2D eigenvalue weighted by atomic mass is 10.1. The number of nitrogens with one attached hydrogen (secondary N) is 1. The van der Waals surface area contributed by atoms with Gasteiger partial charge in [-0.1, -0.05) is 30.3 Å². The maximum Gasteiger partial charge on any atom is 0.0474 e. The highest BCUT2D eigenvalue weighted by Gasteiger charge is 2.21. The zero-order chi connectivity index (χ0) is 13.3. The molecule has 106 valence electrons. The molecule has 3 heteroatoms. The van der Waals surface area contributed by atoms with Crippen LogP contribution in [-0.2, 0) is 11.2 Å². The number of benzene rings is 1. The van der Waals surface area contributed by atoms with E-state index in [4.69, 9.17) is 4.74 Å². The summed E-state index contributed by atoms with van der Waals surface area (Å²) in [6.07, 6.45) is 3.55. The number of likely N-dealkylation sites (tertiary alicyclic amines) is 1. The molecule has 0 spiro atoms. The van der Waals surface area contributed by atoms with E-state index < -0.39 is 0 Å². The Kier molecular flexibility index (Phi) is 6.34. The van der Waals surface area contributed by atoms with Gasteiger partial charge in [-0.15, -0.1) is 0 Å². The number of hydrogen-bond acceptors (Lipinski definition) is 3. The zero-order valence-corrected chi connectivity index (χ0v) is 12.0. The second-order valence-corrected chi connectivity index (χ2v) is 5.32. The second-order valence-electron chi connectivity index (χ2n) is 5.32. The summed E-state index contributed by atoms with van der Waals surface area (Å²) < 4.78 is 5.06. The third kappa shape index (κ3) is 5.31. The van der Waals surface area contributed by atoms with Gasteiger partial charge in [-0.2, -0.15) is 0 Å². The summed E-state index contributed by atoms with van der Waals surface area (Å²) in [6.45, 7) is 5.54. The molecule has 19 heavy (non-hydrogen) atoms. The van der Waals surface area contributed by atoms with Crippen LogP contribution in [-0.4, -0.2) is 50.8 Å². The van der Waals surface area contributed by atoms with Crippen molar-refractivity contribution in [3.63, 3.8) is 0 Å². The van der Waals surface area contributed by atoms with Crippen molar-refractivity contribution in [2.45, 2.75) is 25.3 Å². The normalized spacial score (nSPS) is 19.9. The van der Waals surface area contributed by atoms with Crippen molar-refractivity contribution >= 4 is 0 Å². The minimum atomic E-state index is 0.674. The molecule has 1 aromatic rings. The monoisotopic (exact) mass is 262 g/mol. The Bertz CT molecular complexity index is 342. The molecule has 0 saturated carbocycles. The van der Waals surface area contributed by atoms with Crippen molar-refractivity contribution in [1.29, 1.82) is 0 Å². The molecule has 0 radical (unpaired) electrons. The minimum absolute atomic E-state index is 0.674. The first-order valence-electron chi connectivity index (χ1n) is 7.37. The molecule has 2 rings (SSSR count). The van der Waals surface area contributed by atoms with Gasteiger partial charge in [-0.3, -0.25) is 0 Å². The lowest BCUT2D eigenvalue weighted by Gasteiger charge is -2.16. The molecule has 3 nitrogen and oxygen atoms in total. The Morgan fingerprint density at radius 2 is 2.16 bits per heavy atom. The van der Waals surface area contributed by atoms with Gasteiger partial charge in [0, 0.05) is 32.8 Å². The van der Waals surface area contributed by atoms with Crippen LogP contribution in [0.3, 0.4) is 0 Å². The molecule has 1 aromatic carbocycles. The number of methoxy groups -OCH3 is 1. The molecule has 1 heterocycles.